The maximum absolute atomic E-state index is 6.85. The average Bonchev–Trinajstić information content (AvgIpc) is 3.75. The highest BCUT2D eigenvalue weighted by molar-refractivity contribution is 6.20. The van der Waals surface area contributed by atoms with Crippen LogP contribution in [0.4, 0.5) is 17.1 Å². The minimum absolute atomic E-state index is 0.838. The van der Waals surface area contributed by atoms with Gasteiger partial charge in [0.25, 0.3) is 0 Å². The van der Waals surface area contributed by atoms with Gasteiger partial charge in [-0.25, -0.2) is 0 Å². The van der Waals surface area contributed by atoms with Crippen LogP contribution in [0.15, 0.2) is 185 Å². The predicted octanol–water partition coefficient (Wildman–Crippen LogP) is 13.4. The minimum Gasteiger partial charge on any atom is -0.455 e. The SMILES string of the molecule is c1ccc(-c2ccc(N(c3cc(-c4ccccc4)c4c(c3)oc3c5ccccc5ccc34)c3cccc4c3oc3ccccc34)cc2)cc1. The Morgan fingerprint density at radius 3 is 1.84 bits per heavy atom. The highest BCUT2D eigenvalue weighted by atomic mass is 16.3. The van der Waals surface area contributed by atoms with Crippen molar-refractivity contribution in [3.63, 3.8) is 0 Å². The molecule has 2 heterocycles. The van der Waals surface area contributed by atoms with Crippen molar-refractivity contribution in [1.82, 2.24) is 0 Å². The Morgan fingerprint density at radius 1 is 0.367 bits per heavy atom. The molecule has 3 heteroatoms. The summed E-state index contributed by atoms with van der Waals surface area (Å²) in [7, 11) is 0. The van der Waals surface area contributed by atoms with Gasteiger partial charge in [-0.1, -0.05) is 133 Å². The van der Waals surface area contributed by atoms with Crippen LogP contribution < -0.4 is 4.90 Å². The molecule has 0 radical (unpaired) electrons. The first-order chi connectivity index (χ1) is 24.3. The molecule has 0 unspecified atom stereocenters. The lowest BCUT2D eigenvalue weighted by atomic mass is 9.97. The summed E-state index contributed by atoms with van der Waals surface area (Å²) in [6.07, 6.45) is 0. The first-order valence-corrected chi connectivity index (χ1v) is 16.6. The van der Waals surface area contributed by atoms with E-state index in [1.165, 1.54) is 5.56 Å². The average molecular weight is 628 g/mol. The van der Waals surface area contributed by atoms with Crippen LogP contribution in [0.2, 0.25) is 0 Å². The number of benzene rings is 8. The zero-order valence-corrected chi connectivity index (χ0v) is 26.5. The number of furan rings is 2. The lowest BCUT2D eigenvalue weighted by Crippen LogP contribution is -2.10. The van der Waals surface area contributed by atoms with Gasteiger partial charge < -0.3 is 13.7 Å². The van der Waals surface area contributed by atoms with Gasteiger partial charge in [0, 0.05) is 38.7 Å². The molecule has 0 atom stereocenters. The van der Waals surface area contributed by atoms with Crippen molar-refractivity contribution in [2.75, 3.05) is 4.90 Å². The molecule has 8 aromatic carbocycles. The number of nitrogens with zero attached hydrogens (tertiary/aromatic N) is 1. The van der Waals surface area contributed by atoms with E-state index in [9.17, 15) is 0 Å². The third-order valence-electron chi connectivity index (χ3n) is 9.65. The smallest absolute Gasteiger partial charge is 0.159 e. The fourth-order valence-electron chi connectivity index (χ4n) is 7.36. The summed E-state index contributed by atoms with van der Waals surface area (Å²) in [4.78, 5) is 2.30. The van der Waals surface area contributed by atoms with Crippen molar-refractivity contribution in [1.29, 1.82) is 0 Å². The maximum atomic E-state index is 6.85. The number of hydrogen-bond donors (Lipinski definition) is 0. The van der Waals surface area contributed by atoms with Gasteiger partial charge in [0.15, 0.2) is 5.58 Å². The quantitative estimate of drug-likeness (QED) is 0.190. The monoisotopic (exact) mass is 627 g/mol. The van der Waals surface area contributed by atoms with E-state index in [2.05, 4.69) is 169 Å². The Balaban J connectivity index is 1.27. The van der Waals surface area contributed by atoms with Gasteiger partial charge in [-0.3, -0.25) is 0 Å². The molecule has 2 aromatic heterocycles. The molecule has 0 aliphatic rings. The second-order valence-corrected chi connectivity index (χ2v) is 12.5. The molecule has 0 fully saturated rings. The van der Waals surface area contributed by atoms with Gasteiger partial charge in [0.05, 0.1) is 11.4 Å². The molecule has 0 saturated carbocycles. The highest BCUT2D eigenvalue weighted by Crippen LogP contribution is 2.47. The van der Waals surface area contributed by atoms with E-state index in [-0.39, 0.29) is 0 Å². The van der Waals surface area contributed by atoms with Crippen molar-refractivity contribution < 1.29 is 8.83 Å². The predicted molar refractivity (Wildman–Crippen MR) is 204 cm³/mol. The summed E-state index contributed by atoms with van der Waals surface area (Å²) in [6, 6.07) is 61.9. The molecule has 230 valence electrons. The largest absolute Gasteiger partial charge is 0.455 e. The minimum atomic E-state index is 0.838. The number of para-hydroxylation sites is 2. The van der Waals surface area contributed by atoms with Crippen molar-refractivity contribution in [2.45, 2.75) is 0 Å². The Labute approximate surface area is 282 Å². The molecule has 0 aliphatic heterocycles. The Kier molecular flexibility index (Phi) is 6.18. The summed E-state index contributed by atoms with van der Waals surface area (Å²) in [5.74, 6) is 0. The molecule has 0 amide bonds. The van der Waals surface area contributed by atoms with Crippen LogP contribution in [-0.4, -0.2) is 0 Å². The van der Waals surface area contributed by atoms with E-state index in [1.807, 2.05) is 12.1 Å². The van der Waals surface area contributed by atoms with Crippen molar-refractivity contribution >= 4 is 71.7 Å². The van der Waals surface area contributed by atoms with Crippen LogP contribution in [-0.2, 0) is 0 Å². The standard InChI is InChI=1S/C46H29NO2/c1-3-12-30(13-4-1)31-22-25-34(26-23-31)47(41-20-11-19-38-37-18-9-10-21-42(37)48-46(38)41)35-28-40(32-14-5-2-6-15-32)44-39-27-24-33-16-7-8-17-36(33)45(39)49-43(44)29-35/h1-29H. The molecule has 10 rings (SSSR count). The molecule has 49 heavy (non-hydrogen) atoms. The normalized spacial score (nSPS) is 11.7. The highest BCUT2D eigenvalue weighted by Gasteiger charge is 2.23. The van der Waals surface area contributed by atoms with E-state index in [0.717, 1.165) is 88.4 Å². The number of fused-ring (bicyclic) bond motifs is 8. The Morgan fingerprint density at radius 2 is 1.02 bits per heavy atom. The molecule has 0 aliphatic carbocycles. The van der Waals surface area contributed by atoms with E-state index in [4.69, 9.17) is 8.83 Å². The second kappa shape index (κ2) is 11.0. The molecular formula is C46H29NO2. The van der Waals surface area contributed by atoms with Crippen molar-refractivity contribution in [3.05, 3.63) is 176 Å². The third-order valence-corrected chi connectivity index (χ3v) is 9.65. The topological polar surface area (TPSA) is 29.5 Å². The van der Waals surface area contributed by atoms with Crippen LogP contribution in [0, 0.1) is 0 Å². The summed E-state index contributed by atoms with van der Waals surface area (Å²) in [6.45, 7) is 0. The Bertz CT molecular complexity index is 2810. The first-order valence-electron chi connectivity index (χ1n) is 16.6. The second-order valence-electron chi connectivity index (χ2n) is 12.5. The maximum Gasteiger partial charge on any atom is 0.159 e. The van der Waals surface area contributed by atoms with Crippen molar-refractivity contribution in [2.24, 2.45) is 0 Å². The lowest BCUT2D eigenvalue weighted by molar-refractivity contribution is 0.668. The van der Waals surface area contributed by atoms with Gasteiger partial charge in [-0.2, -0.15) is 0 Å². The molecule has 0 bridgehead atoms. The van der Waals surface area contributed by atoms with Crippen LogP contribution in [0.3, 0.4) is 0 Å². The lowest BCUT2D eigenvalue weighted by Gasteiger charge is -2.26. The number of hydrogen-bond acceptors (Lipinski definition) is 3. The summed E-state index contributed by atoms with van der Waals surface area (Å²) >= 11 is 0. The fourth-order valence-corrected chi connectivity index (χ4v) is 7.36. The number of rotatable bonds is 5. The van der Waals surface area contributed by atoms with E-state index < -0.39 is 0 Å². The van der Waals surface area contributed by atoms with Gasteiger partial charge in [-0.05, 0) is 64.0 Å². The van der Waals surface area contributed by atoms with Crippen LogP contribution in [0.1, 0.15) is 0 Å². The summed E-state index contributed by atoms with van der Waals surface area (Å²) < 4.78 is 13.5. The van der Waals surface area contributed by atoms with Gasteiger partial charge in [0.2, 0.25) is 0 Å². The van der Waals surface area contributed by atoms with E-state index in [1.54, 1.807) is 0 Å². The summed E-state index contributed by atoms with van der Waals surface area (Å²) in [5, 5.41) is 6.67. The van der Waals surface area contributed by atoms with E-state index >= 15 is 0 Å². The van der Waals surface area contributed by atoms with Crippen molar-refractivity contribution in [3.8, 4) is 22.3 Å². The van der Waals surface area contributed by atoms with Gasteiger partial charge in [0.1, 0.15) is 16.7 Å². The van der Waals surface area contributed by atoms with Gasteiger partial charge >= 0.3 is 0 Å². The third kappa shape index (κ3) is 4.44. The molecular weight excluding hydrogens is 599 g/mol. The van der Waals surface area contributed by atoms with E-state index in [0.29, 0.717) is 0 Å². The fraction of sp³-hybridized carbons (Fsp3) is 0. The molecule has 0 spiro atoms. The molecule has 0 saturated heterocycles. The zero-order valence-electron chi connectivity index (χ0n) is 26.5. The van der Waals surface area contributed by atoms with Crippen LogP contribution in [0.5, 0.6) is 0 Å². The number of anilines is 3. The zero-order chi connectivity index (χ0) is 32.3. The molecule has 10 aromatic rings. The van der Waals surface area contributed by atoms with Crippen LogP contribution in [0.25, 0.3) is 76.9 Å². The van der Waals surface area contributed by atoms with Crippen LogP contribution >= 0.6 is 0 Å². The molecule has 0 N–H and O–H groups in total. The first kappa shape index (κ1) is 27.5. The Hall–Kier alpha value is -6.58. The summed E-state index contributed by atoms with van der Waals surface area (Å²) in [5.41, 5.74) is 11.0. The van der Waals surface area contributed by atoms with Gasteiger partial charge in [-0.15, -0.1) is 0 Å². The molecule has 3 nitrogen and oxygen atoms in total.